The third kappa shape index (κ3) is 7.70. The van der Waals surface area contributed by atoms with Crippen molar-refractivity contribution in [2.45, 2.75) is 5.51 Å². The van der Waals surface area contributed by atoms with Crippen LogP contribution in [-0.4, -0.2) is 55.9 Å². The highest BCUT2D eigenvalue weighted by Gasteiger charge is 2.37. The van der Waals surface area contributed by atoms with E-state index in [0.29, 0.717) is 12.2 Å². The van der Waals surface area contributed by atoms with Gasteiger partial charge in [-0.1, -0.05) is 10.2 Å². The number of nitrogens with zero attached hydrogens (tertiary/aromatic N) is 7. The number of piperidine rings is 1. The molecule has 1 saturated heterocycles. The molecular weight excluding hydrogens is 667 g/mol. The molecule has 1 aliphatic heterocycles. The van der Waals surface area contributed by atoms with Crippen LogP contribution >= 0.6 is 0 Å². The fourth-order valence-corrected chi connectivity index (χ4v) is 3.69. The normalized spacial score (nSPS) is 16.5. The number of halogens is 11. The molecule has 0 aromatic heterocycles. The Labute approximate surface area is 243 Å². The first-order chi connectivity index (χ1) is 20.5. The number of hydrogen-bond acceptors (Lipinski definition) is 6. The lowest BCUT2D eigenvalue weighted by Crippen LogP contribution is -2.48. The fraction of sp³-hybridized carbons (Fsp3) is 0.227. The summed E-state index contributed by atoms with van der Waals surface area (Å²) in [6.45, 7) is -0.584. The molecule has 0 bridgehead atoms. The first-order valence-electron chi connectivity index (χ1n) is 11.1. The highest BCUT2D eigenvalue weighted by atomic mass is 32.2. The molecule has 0 amide bonds. The summed E-state index contributed by atoms with van der Waals surface area (Å²) in [6.07, 6.45) is 0.926. The smallest absolute Gasteiger partial charge is 0.485 e. The summed E-state index contributed by atoms with van der Waals surface area (Å²) in [7, 11) is -3.16. The van der Waals surface area contributed by atoms with Crippen LogP contribution < -0.4 is 0 Å². The van der Waals surface area contributed by atoms with Crippen LogP contribution in [0.2, 0.25) is 0 Å². The SMILES string of the molecule is C[N+]1(C)C/C(=C\c2c(F)c(F)c(N=[N+]=[N-])c(F)c2F)C(=O)/C(=C/c2c(F)c(F)c(N=[N+]=[N-])c(F)c2F)C1.O=S(=O)([O-])C(F)(F)F. The number of likely N-dealkylation sites (tertiary alicyclic amines) is 1. The van der Waals surface area contributed by atoms with Crippen LogP contribution in [0.15, 0.2) is 21.4 Å². The largest absolute Gasteiger partial charge is 0.741 e. The Kier molecular flexibility index (Phi) is 10.6. The number of benzene rings is 2. The van der Waals surface area contributed by atoms with Gasteiger partial charge in [0, 0.05) is 9.82 Å². The van der Waals surface area contributed by atoms with Gasteiger partial charge in [-0.15, -0.1) is 0 Å². The molecule has 0 saturated carbocycles. The molecule has 1 fully saturated rings. The van der Waals surface area contributed by atoms with E-state index in [1.165, 1.54) is 14.1 Å². The van der Waals surface area contributed by atoms with Gasteiger partial charge in [0.05, 0.1) is 36.4 Å². The molecule has 0 radical (unpaired) electrons. The molecule has 0 atom stereocenters. The second kappa shape index (κ2) is 13.1. The lowest BCUT2D eigenvalue weighted by atomic mass is 9.92. The minimum atomic E-state index is -6.09. The Morgan fingerprint density at radius 1 is 0.711 bits per heavy atom. The van der Waals surface area contributed by atoms with Crippen molar-refractivity contribution in [2.75, 3.05) is 27.2 Å². The van der Waals surface area contributed by atoms with Gasteiger partial charge < -0.3 is 9.04 Å². The molecule has 2 aromatic rings. The minimum absolute atomic E-state index is 0.209. The maximum absolute atomic E-state index is 14.5. The quantitative estimate of drug-likeness (QED) is 0.0396. The van der Waals surface area contributed by atoms with E-state index in [1.54, 1.807) is 0 Å². The van der Waals surface area contributed by atoms with E-state index in [-0.39, 0.29) is 17.6 Å². The van der Waals surface area contributed by atoms with Gasteiger partial charge in [-0.25, -0.2) is 43.5 Å². The van der Waals surface area contributed by atoms with Crippen molar-refractivity contribution in [3.05, 3.63) is 89.7 Å². The van der Waals surface area contributed by atoms with Gasteiger partial charge in [-0.05, 0) is 23.2 Å². The number of hydrogen-bond donors (Lipinski definition) is 0. The van der Waals surface area contributed by atoms with Gasteiger partial charge in [0.25, 0.3) is 0 Å². The average molecular weight is 679 g/mol. The Balaban J connectivity index is 0.000000777. The average Bonchev–Trinajstić information content (AvgIpc) is 2.93. The Bertz CT molecular complexity index is 1700. The van der Waals surface area contributed by atoms with Crippen molar-refractivity contribution in [1.29, 1.82) is 0 Å². The first kappa shape index (κ1) is 36.5. The molecule has 45 heavy (non-hydrogen) atoms. The van der Waals surface area contributed by atoms with Crippen molar-refractivity contribution >= 4 is 39.4 Å². The molecule has 2 aromatic carbocycles. The summed E-state index contributed by atoms with van der Waals surface area (Å²) in [5, 5.41) is 5.11. The topological polar surface area (TPSA) is 172 Å². The van der Waals surface area contributed by atoms with E-state index in [9.17, 15) is 53.1 Å². The van der Waals surface area contributed by atoms with Crippen LogP contribution in [0.1, 0.15) is 11.1 Å². The summed E-state index contributed by atoms with van der Waals surface area (Å²) in [5.41, 5.74) is 4.21. The highest BCUT2D eigenvalue weighted by molar-refractivity contribution is 7.86. The highest BCUT2D eigenvalue weighted by Crippen LogP contribution is 2.35. The van der Waals surface area contributed by atoms with E-state index in [2.05, 4.69) is 20.1 Å². The number of carbonyl (C=O) groups excluding carboxylic acids is 1. The van der Waals surface area contributed by atoms with Gasteiger partial charge in [0.2, 0.25) is 0 Å². The van der Waals surface area contributed by atoms with E-state index in [0.717, 1.165) is 0 Å². The van der Waals surface area contributed by atoms with Crippen LogP contribution in [0.5, 0.6) is 0 Å². The number of azide groups is 2. The van der Waals surface area contributed by atoms with Gasteiger partial charge in [-0.3, -0.25) is 4.79 Å². The summed E-state index contributed by atoms with van der Waals surface area (Å²) in [5.74, 6) is -17.2. The van der Waals surface area contributed by atoms with Crippen LogP contribution in [0.4, 0.5) is 59.7 Å². The van der Waals surface area contributed by atoms with Crippen LogP contribution in [0, 0.1) is 46.5 Å². The number of rotatable bonds is 4. The minimum Gasteiger partial charge on any atom is -0.741 e. The summed E-state index contributed by atoms with van der Waals surface area (Å²) in [6, 6.07) is 0. The Morgan fingerprint density at radius 2 is 0.978 bits per heavy atom. The van der Waals surface area contributed by atoms with Crippen LogP contribution in [0.25, 0.3) is 33.0 Å². The van der Waals surface area contributed by atoms with Crippen molar-refractivity contribution in [1.82, 2.24) is 0 Å². The maximum atomic E-state index is 14.5. The fourth-order valence-electron chi connectivity index (χ4n) is 3.69. The van der Waals surface area contributed by atoms with Gasteiger partial charge >= 0.3 is 5.51 Å². The van der Waals surface area contributed by atoms with E-state index in [1.807, 2.05) is 0 Å². The van der Waals surface area contributed by atoms with Gasteiger partial charge in [0.1, 0.15) is 24.5 Å². The Hall–Kier alpha value is -4.69. The molecule has 0 aliphatic carbocycles. The number of quaternary nitrogens is 1. The number of carbonyl (C=O) groups is 1. The molecule has 23 heteroatoms. The second-order valence-electron chi connectivity index (χ2n) is 9.24. The van der Waals surface area contributed by atoms with Crippen LogP contribution in [-0.2, 0) is 14.9 Å². The summed E-state index contributed by atoms with van der Waals surface area (Å²) < 4.78 is 173. The van der Waals surface area contributed by atoms with E-state index < -0.39 is 102 Å². The second-order valence-corrected chi connectivity index (χ2v) is 10.6. The lowest BCUT2D eigenvalue weighted by molar-refractivity contribution is -0.881. The van der Waals surface area contributed by atoms with Gasteiger partial charge in [-0.2, -0.15) is 13.2 Å². The number of likely N-dealkylation sites (N-methyl/N-ethyl adjacent to an activating group) is 1. The number of Topliss-reactive ketones (excluding diaryl/α,β-unsaturated/α-hetero) is 1. The molecule has 242 valence electrons. The number of alkyl halides is 3. The molecule has 0 spiro atoms. The molecule has 1 aliphatic rings. The third-order valence-corrected chi connectivity index (χ3v) is 6.11. The van der Waals surface area contributed by atoms with Crippen molar-refractivity contribution in [2.24, 2.45) is 10.2 Å². The van der Waals surface area contributed by atoms with Crippen molar-refractivity contribution in [3.63, 3.8) is 0 Å². The molecule has 3 rings (SSSR count). The monoisotopic (exact) mass is 679 g/mol. The molecule has 11 nitrogen and oxygen atoms in total. The van der Waals surface area contributed by atoms with Crippen LogP contribution in [0.3, 0.4) is 0 Å². The standard InChI is InChI=1S/C21H12F8N7O.CHF3O3S/c1-36(2)5-7(3-9-11(22)15(26)19(32-34-30)16(27)12(9)23)21(37)8(6-36)4-10-13(24)17(28)20(33-35-31)18(29)14(10)25;2-1(3,4)8(5,6)7/h3-4H,5-6H2,1-2H3;(H,5,6,7)/q+1;/p-1/b7-3+,8-4+;. The molecule has 1 heterocycles. The summed E-state index contributed by atoms with van der Waals surface area (Å²) in [4.78, 5) is 17.1. The summed E-state index contributed by atoms with van der Waals surface area (Å²) >= 11 is 0. The zero-order chi connectivity index (χ0) is 34.8. The zero-order valence-corrected chi connectivity index (χ0v) is 22.7. The van der Waals surface area contributed by atoms with Gasteiger partial charge in [0.15, 0.2) is 62.4 Å². The zero-order valence-electron chi connectivity index (χ0n) is 21.9. The first-order valence-corrected chi connectivity index (χ1v) is 12.5. The molecular formula is C22H12F11N7O4S. The Morgan fingerprint density at radius 3 is 1.20 bits per heavy atom. The predicted molar refractivity (Wildman–Crippen MR) is 129 cm³/mol. The predicted octanol–water partition coefficient (Wildman–Crippen LogP) is 6.86. The molecule has 0 unspecified atom stereocenters. The van der Waals surface area contributed by atoms with Crippen molar-refractivity contribution < 1.29 is 70.5 Å². The van der Waals surface area contributed by atoms with E-state index >= 15 is 0 Å². The lowest BCUT2D eigenvalue weighted by Gasteiger charge is -2.35. The third-order valence-electron chi connectivity index (χ3n) is 5.54. The van der Waals surface area contributed by atoms with Crippen molar-refractivity contribution in [3.8, 4) is 0 Å². The van der Waals surface area contributed by atoms with E-state index in [4.69, 9.17) is 24.0 Å². The maximum Gasteiger partial charge on any atom is 0.485 e. The number of ketones is 1. The molecule has 0 N–H and O–H groups in total.